The zero-order valence-electron chi connectivity index (χ0n) is 15.7. The highest BCUT2D eigenvalue weighted by atomic mass is 19.2. The SMILES string of the molecule is CC(C)[C@@H](NC(=O)c1cccc(F)c1F)c1cc(=O)[nH]c(N2CCOCC2)n1. The first kappa shape index (κ1) is 19.9. The van der Waals surface area contributed by atoms with Crippen molar-refractivity contribution in [2.45, 2.75) is 19.9 Å². The topological polar surface area (TPSA) is 87.3 Å². The first-order valence-electron chi connectivity index (χ1n) is 9.05. The highest BCUT2D eigenvalue weighted by Gasteiger charge is 2.25. The summed E-state index contributed by atoms with van der Waals surface area (Å²) < 4.78 is 32.7. The Labute approximate surface area is 160 Å². The number of benzene rings is 1. The van der Waals surface area contributed by atoms with E-state index in [2.05, 4.69) is 15.3 Å². The van der Waals surface area contributed by atoms with E-state index in [4.69, 9.17) is 4.74 Å². The highest BCUT2D eigenvalue weighted by Crippen LogP contribution is 2.22. The summed E-state index contributed by atoms with van der Waals surface area (Å²) >= 11 is 0. The average Bonchev–Trinajstić information content (AvgIpc) is 2.68. The number of hydrogen-bond donors (Lipinski definition) is 2. The number of hydrogen-bond acceptors (Lipinski definition) is 5. The quantitative estimate of drug-likeness (QED) is 0.813. The molecule has 9 heteroatoms. The minimum Gasteiger partial charge on any atom is -0.378 e. The second-order valence-electron chi connectivity index (χ2n) is 6.89. The number of nitrogens with one attached hydrogen (secondary N) is 2. The van der Waals surface area contributed by atoms with Gasteiger partial charge < -0.3 is 15.0 Å². The van der Waals surface area contributed by atoms with Gasteiger partial charge >= 0.3 is 0 Å². The second-order valence-corrected chi connectivity index (χ2v) is 6.89. The van der Waals surface area contributed by atoms with Crippen LogP contribution in [0.15, 0.2) is 29.1 Å². The zero-order chi connectivity index (χ0) is 20.3. The Morgan fingerprint density at radius 1 is 1.29 bits per heavy atom. The fraction of sp³-hybridized carbons (Fsp3) is 0.421. The summed E-state index contributed by atoms with van der Waals surface area (Å²) in [6.45, 7) is 5.89. The summed E-state index contributed by atoms with van der Waals surface area (Å²) in [6.07, 6.45) is 0. The van der Waals surface area contributed by atoms with Crippen LogP contribution in [0.5, 0.6) is 0 Å². The predicted octanol–water partition coefficient (Wildman–Crippen LogP) is 2.01. The van der Waals surface area contributed by atoms with E-state index in [9.17, 15) is 18.4 Å². The van der Waals surface area contributed by atoms with Crippen LogP contribution in [-0.2, 0) is 4.74 Å². The number of H-pyrrole nitrogens is 1. The van der Waals surface area contributed by atoms with Crippen LogP contribution in [-0.4, -0.2) is 42.2 Å². The van der Waals surface area contributed by atoms with Gasteiger partial charge in [-0.2, -0.15) is 0 Å². The minimum absolute atomic E-state index is 0.146. The number of amides is 1. The molecule has 1 amide bonds. The summed E-state index contributed by atoms with van der Waals surface area (Å²) in [6, 6.07) is 4.06. The third-order valence-corrected chi connectivity index (χ3v) is 4.53. The molecule has 1 aliphatic rings. The van der Waals surface area contributed by atoms with Crippen molar-refractivity contribution in [2.24, 2.45) is 5.92 Å². The van der Waals surface area contributed by atoms with Gasteiger partial charge in [-0.1, -0.05) is 19.9 Å². The van der Waals surface area contributed by atoms with E-state index in [1.165, 1.54) is 18.2 Å². The number of aromatic nitrogens is 2. The van der Waals surface area contributed by atoms with Gasteiger partial charge in [-0.05, 0) is 18.1 Å². The lowest BCUT2D eigenvalue weighted by molar-refractivity contribution is 0.0919. The van der Waals surface area contributed by atoms with Crippen LogP contribution < -0.4 is 15.8 Å². The van der Waals surface area contributed by atoms with E-state index < -0.39 is 29.1 Å². The standard InChI is InChI=1S/C19H22F2N4O3/c1-11(2)17(24-18(27)12-4-3-5-13(20)16(12)21)14-10-15(26)23-19(22-14)25-6-8-28-9-7-25/h3-5,10-11,17H,6-9H2,1-2H3,(H,24,27)(H,22,23,26)/t17-/m1/s1. The molecule has 0 unspecified atom stereocenters. The van der Waals surface area contributed by atoms with Crippen molar-refractivity contribution in [2.75, 3.05) is 31.2 Å². The summed E-state index contributed by atoms with van der Waals surface area (Å²) in [5.41, 5.74) is -0.405. The molecule has 1 saturated heterocycles. The molecule has 1 atom stereocenters. The number of carbonyl (C=O) groups excluding carboxylic acids is 1. The molecule has 1 fully saturated rings. The van der Waals surface area contributed by atoms with Gasteiger partial charge in [0.15, 0.2) is 11.6 Å². The molecule has 2 heterocycles. The van der Waals surface area contributed by atoms with Crippen LogP contribution in [0, 0.1) is 17.6 Å². The van der Waals surface area contributed by atoms with Gasteiger partial charge in [-0.3, -0.25) is 14.6 Å². The lowest BCUT2D eigenvalue weighted by Crippen LogP contribution is -2.39. The molecule has 3 rings (SSSR count). The number of anilines is 1. The van der Waals surface area contributed by atoms with Gasteiger partial charge in [-0.25, -0.2) is 13.8 Å². The smallest absolute Gasteiger partial charge is 0.254 e. The number of aromatic amines is 1. The Bertz CT molecular complexity index is 910. The van der Waals surface area contributed by atoms with Crippen LogP contribution in [0.1, 0.15) is 35.9 Å². The van der Waals surface area contributed by atoms with E-state index in [1.807, 2.05) is 18.7 Å². The number of ether oxygens (including phenoxy) is 1. The Kier molecular flexibility index (Phi) is 6.03. The zero-order valence-corrected chi connectivity index (χ0v) is 15.7. The number of carbonyl (C=O) groups is 1. The number of rotatable bonds is 5. The molecular formula is C19H22F2N4O3. The molecule has 0 spiro atoms. The molecule has 150 valence electrons. The van der Waals surface area contributed by atoms with Crippen LogP contribution >= 0.6 is 0 Å². The van der Waals surface area contributed by atoms with Crippen molar-refractivity contribution in [3.63, 3.8) is 0 Å². The van der Waals surface area contributed by atoms with Crippen molar-refractivity contribution >= 4 is 11.9 Å². The molecule has 0 bridgehead atoms. The molecule has 28 heavy (non-hydrogen) atoms. The molecule has 2 N–H and O–H groups in total. The Hall–Kier alpha value is -2.81. The van der Waals surface area contributed by atoms with E-state index >= 15 is 0 Å². The minimum atomic E-state index is -1.21. The van der Waals surface area contributed by atoms with Gasteiger partial charge in [0, 0.05) is 19.2 Å². The summed E-state index contributed by atoms with van der Waals surface area (Å²) in [4.78, 5) is 33.8. The molecule has 1 aliphatic heterocycles. The van der Waals surface area contributed by atoms with Gasteiger partial charge in [0.05, 0.1) is 30.5 Å². The third kappa shape index (κ3) is 4.36. The van der Waals surface area contributed by atoms with Crippen molar-refractivity contribution in [1.82, 2.24) is 15.3 Å². The maximum atomic E-state index is 14.0. The maximum Gasteiger partial charge on any atom is 0.254 e. The Morgan fingerprint density at radius 2 is 2.00 bits per heavy atom. The van der Waals surface area contributed by atoms with Crippen LogP contribution in [0.2, 0.25) is 0 Å². The lowest BCUT2D eigenvalue weighted by Gasteiger charge is -2.28. The van der Waals surface area contributed by atoms with Gasteiger partial charge in [0.25, 0.3) is 11.5 Å². The van der Waals surface area contributed by atoms with Crippen molar-refractivity contribution < 1.29 is 18.3 Å². The molecule has 0 radical (unpaired) electrons. The van der Waals surface area contributed by atoms with Crippen LogP contribution in [0.25, 0.3) is 0 Å². The summed E-state index contributed by atoms with van der Waals surface area (Å²) in [5.74, 6) is -2.84. The molecule has 0 aliphatic carbocycles. The first-order valence-corrected chi connectivity index (χ1v) is 9.05. The Morgan fingerprint density at radius 3 is 2.68 bits per heavy atom. The molecule has 0 saturated carbocycles. The molecular weight excluding hydrogens is 370 g/mol. The molecule has 1 aromatic carbocycles. The van der Waals surface area contributed by atoms with E-state index in [0.29, 0.717) is 37.9 Å². The van der Waals surface area contributed by atoms with E-state index in [-0.39, 0.29) is 11.5 Å². The van der Waals surface area contributed by atoms with E-state index in [0.717, 1.165) is 6.07 Å². The third-order valence-electron chi connectivity index (χ3n) is 4.53. The van der Waals surface area contributed by atoms with Gasteiger partial charge in [-0.15, -0.1) is 0 Å². The molecule has 7 nitrogen and oxygen atoms in total. The number of nitrogens with zero attached hydrogens (tertiary/aromatic N) is 2. The van der Waals surface area contributed by atoms with Gasteiger partial charge in [0.2, 0.25) is 5.95 Å². The number of halogens is 2. The van der Waals surface area contributed by atoms with Crippen molar-refractivity contribution in [3.8, 4) is 0 Å². The van der Waals surface area contributed by atoms with Crippen LogP contribution in [0.4, 0.5) is 14.7 Å². The highest BCUT2D eigenvalue weighted by molar-refractivity contribution is 5.94. The molecule has 2 aromatic rings. The fourth-order valence-electron chi connectivity index (χ4n) is 3.03. The van der Waals surface area contributed by atoms with Gasteiger partial charge in [0.1, 0.15) is 0 Å². The van der Waals surface area contributed by atoms with E-state index in [1.54, 1.807) is 0 Å². The first-order chi connectivity index (χ1) is 13.4. The summed E-state index contributed by atoms with van der Waals surface area (Å²) in [7, 11) is 0. The monoisotopic (exact) mass is 392 g/mol. The fourth-order valence-corrected chi connectivity index (χ4v) is 3.03. The Balaban J connectivity index is 1.90. The predicted molar refractivity (Wildman–Crippen MR) is 99.3 cm³/mol. The maximum absolute atomic E-state index is 14.0. The van der Waals surface area contributed by atoms with Crippen LogP contribution in [0.3, 0.4) is 0 Å². The molecule has 1 aromatic heterocycles. The number of morpholine rings is 1. The van der Waals surface area contributed by atoms with Crippen molar-refractivity contribution in [3.05, 3.63) is 57.5 Å². The van der Waals surface area contributed by atoms with Crippen molar-refractivity contribution in [1.29, 1.82) is 0 Å². The second kappa shape index (κ2) is 8.47. The average molecular weight is 392 g/mol. The largest absolute Gasteiger partial charge is 0.378 e. The lowest BCUT2D eigenvalue weighted by atomic mass is 10.00. The summed E-state index contributed by atoms with van der Waals surface area (Å²) in [5, 5.41) is 2.67. The normalized spacial score (nSPS) is 15.5.